The number of benzene rings is 2. The molecule has 3 aromatic rings. The van der Waals surface area contributed by atoms with E-state index in [9.17, 15) is 0 Å². The van der Waals surface area contributed by atoms with Crippen LogP contribution in [0.3, 0.4) is 0 Å². The van der Waals surface area contributed by atoms with E-state index in [1.807, 2.05) is 28.9 Å². The van der Waals surface area contributed by atoms with Crippen LogP contribution < -0.4 is 5.32 Å². The van der Waals surface area contributed by atoms with Crippen molar-refractivity contribution in [1.82, 2.24) is 9.55 Å². The van der Waals surface area contributed by atoms with Crippen LogP contribution in [0.25, 0.3) is 5.69 Å². The summed E-state index contributed by atoms with van der Waals surface area (Å²) in [6, 6.07) is 17.4. The van der Waals surface area contributed by atoms with Crippen molar-refractivity contribution < 1.29 is 0 Å². The van der Waals surface area contributed by atoms with Gasteiger partial charge in [-0.25, -0.2) is 4.98 Å². The highest BCUT2D eigenvalue weighted by Crippen LogP contribution is 2.39. The Balaban J connectivity index is 1.60. The van der Waals surface area contributed by atoms with Gasteiger partial charge in [0.2, 0.25) is 0 Å². The Morgan fingerprint density at radius 2 is 2.10 bits per heavy atom. The molecule has 1 aromatic heterocycles. The predicted molar refractivity (Wildman–Crippen MR) is 87.1 cm³/mol. The molecule has 1 aliphatic heterocycles. The van der Waals surface area contributed by atoms with Gasteiger partial charge in [-0.2, -0.15) is 0 Å². The van der Waals surface area contributed by atoms with Crippen LogP contribution in [-0.2, 0) is 0 Å². The first-order chi connectivity index (χ1) is 10.4. The highest BCUT2D eigenvalue weighted by molar-refractivity contribution is 7.99. The van der Waals surface area contributed by atoms with Gasteiger partial charge in [0.1, 0.15) is 0 Å². The van der Waals surface area contributed by atoms with Gasteiger partial charge in [-0.1, -0.05) is 24.3 Å². The fourth-order valence-electron chi connectivity index (χ4n) is 2.65. The van der Waals surface area contributed by atoms with E-state index >= 15 is 0 Å². The SMILES string of the molecule is c1cc(NC2CSc3ccccc32)cc(-n2ccnc2)c1. The van der Waals surface area contributed by atoms with Crippen molar-refractivity contribution in [3.05, 3.63) is 72.8 Å². The molecule has 0 amide bonds. The first kappa shape index (κ1) is 12.5. The Hall–Kier alpha value is -2.20. The number of nitrogens with zero attached hydrogens (tertiary/aromatic N) is 2. The minimum absolute atomic E-state index is 0.379. The zero-order chi connectivity index (χ0) is 14.1. The van der Waals surface area contributed by atoms with Gasteiger partial charge in [0.25, 0.3) is 0 Å². The second-order valence-corrected chi connectivity index (χ2v) is 6.13. The van der Waals surface area contributed by atoms with Crippen molar-refractivity contribution in [1.29, 1.82) is 0 Å². The Morgan fingerprint density at radius 3 is 3.00 bits per heavy atom. The lowest BCUT2D eigenvalue weighted by Gasteiger charge is -2.15. The van der Waals surface area contributed by atoms with Crippen LogP contribution in [0, 0.1) is 0 Å². The van der Waals surface area contributed by atoms with Gasteiger partial charge in [-0.3, -0.25) is 0 Å². The predicted octanol–water partition coefficient (Wildman–Crippen LogP) is 4.13. The first-order valence-corrected chi connectivity index (χ1v) is 7.95. The molecule has 0 aliphatic carbocycles. The smallest absolute Gasteiger partial charge is 0.0991 e. The Kier molecular flexibility index (Phi) is 3.16. The van der Waals surface area contributed by atoms with E-state index in [1.54, 1.807) is 6.20 Å². The molecule has 0 bridgehead atoms. The average Bonchev–Trinajstić information content (AvgIpc) is 3.18. The zero-order valence-electron chi connectivity index (χ0n) is 11.4. The molecule has 0 saturated heterocycles. The van der Waals surface area contributed by atoms with Gasteiger partial charge in [-0.05, 0) is 29.8 Å². The number of nitrogens with one attached hydrogen (secondary N) is 1. The van der Waals surface area contributed by atoms with E-state index in [4.69, 9.17) is 0 Å². The second-order valence-electron chi connectivity index (χ2n) is 5.07. The Morgan fingerprint density at radius 1 is 1.14 bits per heavy atom. The van der Waals surface area contributed by atoms with Crippen LogP contribution in [0.1, 0.15) is 11.6 Å². The zero-order valence-corrected chi connectivity index (χ0v) is 12.3. The van der Waals surface area contributed by atoms with Gasteiger partial charge in [0.05, 0.1) is 12.4 Å². The molecule has 1 atom stereocenters. The normalized spacial score (nSPS) is 16.7. The highest BCUT2D eigenvalue weighted by atomic mass is 32.2. The summed E-state index contributed by atoms with van der Waals surface area (Å²) in [5, 5.41) is 3.64. The lowest BCUT2D eigenvalue weighted by Crippen LogP contribution is -2.09. The standard InChI is InChI=1S/C17H15N3S/c1-2-7-17-15(6-1)16(11-21-17)19-13-4-3-5-14(10-13)20-9-8-18-12-20/h1-10,12,16,19H,11H2. The summed E-state index contributed by atoms with van der Waals surface area (Å²) in [5.41, 5.74) is 3.66. The van der Waals surface area contributed by atoms with Crippen LogP contribution in [0.4, 0.5) is 5.69 Å². The number of rotatable bonds is 3. The fraction of sp³-hybridized carbons (Fsp3) is 0.118. The molecular weight excluding hydrogens is 278 g/mol. The third kappa shape index (κ3) is 2.43. The molecule has 1 aliphatic rings. The number of imidazole rings is 1. The number of anilines is 1. The molecule has 1 unspecified atom stereocenters. The van der Waals surface area contributed by atoms with E-state index in [0.717, 1.165) is 17.1 Å². The van der Waals surface area contributed by atoms with Gasteiger partial charge < -0.3 is 9.88 Å². The van der Waals surface area contributed by atoms with Crippen LogP contribution in [-0.4, -0.2) is 15.3 Å². The summed E-state index contributed by atoms with van der Waals surface area (Å²) >= 11 is 1.92. The molecular formula is C17H15N3S. The number of aromatic nitrogens is 2. The van der Waals surface area contributed by atoms with Crippen LogP contribution in [0.2, 0.25) is 0 Å². The molecule has 21 heavy (non-hydrogen) atoms. The minimum Gasteiger partial charge on any atom is -0.377 e. The fourth-order valence-corrected chi connectivity index (χ4v) is 3.81. The van der Waals surface area contributed by atoms with Crippen molar-refractivity contribution in [2.45, 2.75) is 10.9 Å². The third-order valence-electron chi connectivity index (χ3n) is 3.69. The molecule has 2 heterocycles. The maximum Gasteiger partial charge on any atom is 0.0991 e. The van der Waals surface area contributed by atoms with E-state index in [-0.39, 0.29) is 0 Å². The topological polar surface area (TPSA) is 29.9 Å². The summed E-state index contributed by atoms with van der Waals surface area (Å²) < 4.78 is 2.02. The second kappa shape index (κ2) is 5.30. The van der Waals surface area contributed by atoms with Crippen molar-refractivity contribution >= 4 is 17.4 Å². The molecule has 2 aromatic carbocycles. The van der Waals surface area contributed by atoms with Gasteiger partial charge >= 0.3 is 0 Å². The molecule has 104 valence electrons. The van der Waals surface area contributed by atoms with Crippen LogP contribution >= 0.6 is 11.8 Å². The average molecular weight is 293 g/mol. The van der Waals surface area contributed by atoms with Gasteiger partial charge in [0.15, 0.2) is 0 Å². The quantitative estimate of drug-likeness (QED) is 0.787. The third-order valence-corrected chi connectivity index (χ3v) is 4.87. The first-order valence-electron chi connectivity index (χ1n) is 6.97. The molecule has 4 rings (SSSR count). The maximum absolute atomic E-state index is 4.10. The number of hydrogen-bond donors (Lipinski definition) is 1. The van der Waals surface area contributed by atoms with E-state index in [1.165, 1.54) is 10.5 Å². The van der Waals surface area contributed by atoms with Crippen LogP contribution in [0.15, 0.2) is 72.1 Å². The summed E-state index contributed by atoms with van der Waals surface area (Å²) in [7, 11) is 0. The molecule has 0 saturated carbocycles. The largest absolute Gasteiger partial charge is 0.377 e. The number of fused-ring (bicyclic) bond motifs is 1. The lowest BCUT2D eigenvalue weighted by molar-refractivity contribution is 0.899. The number of hydrogen-bond acceptors (Lipinski definition) is 3. The van der Waals surface area contributed by atoms with E-state index in [0.29, 0.717) is 6.04 Å². The van der Waals surface area contributed by atoms with Crippen molar-refractivity contribution in [3.8, 4) is 5.69 Å². The number of thioether (sulfide) groups is 1. The molecule has 1 N–H and O–H groups in total. The minimum atomic E-state index is 0.379. The molecule has 4 heteroatoms. The van der Waals surface area contributed by atoms with Crippen molar-refractivity contribution in [3.63, 3.8) is 0 Å². The summed E-state index contributed by atoms with van der Waals surface area (Å²) in [4.78, 5) is 5.49. The lowest BCUT2D eigenvalue weighted by atomic mass is 10.1. The Bertz CT molecular complexity index is 752. The van der Waals surface area contributed by atoms with E-state index < -0.39 is 0 Å². The molecule has 3 nitrogen and oxygen atoms in total. The molecule has 0 radical (unpaired) electrons. The van der Waals surface area contributed by atoms with Crippen LogP contribution in [0.5, 0.6) is 0 Å². The van der Waals surface area contributed by atoms with Gasteiger partial charge in [-0.15, -0.1) is 11.8 Å². The highest BCUT2D eigenvalue weighted by Gasteiger charge is 2.22. The van der Waals surface area contributed by atoms with Crippen molar-refractivity contribution in [2.75, 3.05) is 11.1 Å². The van der Waals surface area contributed by atoms with E-state index in [2.05, 4.69) is 58.8 Å². The molecule has 0 fully saturated rings. The van der Waals surface area contributed by atoms with Crippen molar-refractivity contribution in [2.24, 2.45) is 0 Å². The molecule has 0 spiro atoms. The summed E-state index contributed by atoms with van der Waals surface area (Å²) in [5.74, 6) is 1.08. The Labute approximate surface area is 128 Å². The van der Waals surface area contributed by atoms with Gasteiger partial charge in [0, 0.05) is 34.4 Å². The maximum atomic E-state index is 4.10. The monoisotopic (exact) mass is 293 g/mol. The summed E-state index contributed by atoms with van der Waals surface area (Å²) in [6.07, 6.45) is 5.57. The summed E-state index contributed by atoms with van der Waals surface area (Å²) in [6.45, 7) is 0.